The number of amides is 1. The van der Waals surface area contributed by atoms with Gasteiger partial charge in [0.05, 0.1) is 5.56 Å². The average Bonchev–Trinajstić information content (AvgIpc) is 2.78. The van der Waals surface area contributed by atoms with E-state index in [1.807, 2.05) is 0 Å². The predicted molar refractivity (Wildman–Crippen MR) is 123 cm³/mol. The molecule has 1 saturated heterocycles. The summed E-state index contributed by atoms with van der Waals surface area (Å²) in [5.41, 5.74) is 6.42. The molecule has 4 rings (SSSR count). The number of nitrogens with zero attached hydrogens (tertiary/aromatic N) is 2. The van der Waals surface area contributed by atoms with Crippen molar-refractivity contribution in [2.24, 2.45) is 5.41 Å². The second-order valence-electron chi connectivity index (χ2n) is 10.3. The molecule has 1 N–H and O–H groups in total. The Balaban J connectivity index is 1.41. The van der Waals surface area contributed by atoms with E-state index in [0.717, 1.165) is 25.9 Å². The van der Waals surface area contributed by atoms with Crippen LogP contribution in [0.15, 0.2) is 48.8 Å². The molecule has 1 aliphatic carbocycles. The van der Waals surface area contributed by atoms with Crippen LogP contribution in [-0.2, 0) is 10.3 Å². The molecule has 1 amide bonds. The van der Waals surface area contributed by atoms with Crippen LogP contribution >= 0.6 is 0 Å². The van der Waals surface area contributed by atoms with Crippen LogP contribution in [0, 0.1) is 5.41 Å². The third-order valence-corrected chi connectivity index (χ3v) is 6.97. The maximum atomic E-state index is 12.4. The molecular weight excluding hydrogens is 386 g/mol. The fourth-order valence-electron chi connectivity index (χ4n) is 4.98. The minimum Gasteiger partial charge on any atom is -0.303 e. The summed E-state index contributed by atoms with van der Waals surface area (Å²) in [5, 5.41) is 0. The van der Waals surface area contributed by atoms with Gasteiger partial charge in [-0.25, -0.2) is 5.48 Å². The summed E-state index contributed by atoms with van der Waals surface area (Å²) in [6.07, 6.45) is 8.76. The molecule has 0 radical (unpaired) electrons. The maximum absolute atomic E-state index is 12.4. The van der Waals surface area contributed by atoms with Gasteiger partial charge in [-0.05, 0) is 85.8 Å². The van der Waals surface area contributed by atoms with E-state index in [4.69, 9.17) is 4.84 Å². The molecule has 0 saturated carbocycles. The van der Waals surface area contributed by atoms with Crippen molar-refractivity contribution in [3.63, 3.8) is 0 Å². The average molecular weight is 422 g/mol. The molecule has 1 spiro atoms. The van der Waals surface area contributed by atoms with Gasteiger partial charge >= 0.3 is 0 Å². The van der Waals surface area contributed by atoms with Crippen LogP contribution in [0.25, 0.3) is 0 Å². The van der Waals surface area contributed by atoms with Crippen LogP contribution in [0.5, 0.6) is 0 Å². The molecule has 166 valence electrons. The quantitative estimate of drug-likeness (QED) is 0.687. The van der Waals surface area contributed by atoms with Gasteiger partial charge in [0.2, 0.25) is 0 Å². The number of carbonyl (C=O) groups is 1. The van der Waals surface area contributed by atoms with Crippen LogP contribution in [-0.4, -0.2) is 35.4 Å². The molecule has 2 heterocycles. The van der Waals surface area contributed by atoms with Gasteiger partial charge in [-0.1, -0.05) is 45.0 Å². The van der Waals surface area contributed by atoms with E-state index < -0.39 is 0 Å². The Morgan fingerprint density at radius 2 is 1.94 bits per heavy atom. The lowest BCUT2D eigenvalue weighted by Crippen LogP contribution is -2.46. The van der Waals surface area contributed by atoms with Crippen molar-refractivity contribution in [2.45, 2.75) is 64.4 Å². The highest BCUT2D eigenvalue weighted by Gasteiger charge is 2.42. The zero-order chi connectivity index (χ0) is 21.9. The van der Waals surface area contributed by atoms with E-state index in [0.29, 0.717) is 11.0 Å². The predicted octanol–water partition coefficient (Wildman–Crippen LogP) is 5.05. The number of nitrogens with one attached hydrogen (secondary N) is 1. The summed E-state index contributed by atoms with van der Waals surface area (Å²) in [6, 6.07) is 12.2. The first-order valence-corrected chi connectivity index (χ1v) is 11.5. The Bertz CT molecular complexity index is 883. The minimum absolute atomic E-state index is 0.110. The van der Waals surface area contributed by atoms with Gasteiger partial charge in [0.1, 0.15) is 6.10 Å². The van der Waals surface area contributed by atoms with Gasteiger partial charge in [-0.15, -0.1) is 0 Å². The van der Waals surface area contributed by atoms with E-state index in [1.165, 1.54) is 36.9 Å². The topological polar surface area (TPSA) is 54.5 Å². The van der Waals surface area contributed by atoms with Crippen LogP contribution in [0.1, 0.15) is 80.5 Å². The molecule has 31 heavy (non-hydrogen) atoms. The van der Waals surface area contributed by atoms with Crippen molar-refractivity contribution in [1.29, 1.82) is 0 Å². The molecule has 5 heteroatoms. The molecule has 5 nitrogen and oxygen atoms in total. The van der Waals surface area contributed by atoms with Crippen molar-refractivity contribution in [1.82, 2.24) is 15.4 Å². The summed E-state index contributed by atoms with van der Waals surface area (Å²) in [7, 11) is 0. The lowest BCUT2D eigenvalue weighted by Gasteiger charge is -2.47. The van der Waals surface area contributed by atoms with Gasteiger partial charge in [-0.3, -0.25) is 14.6 Å². The highest BCUT2D eigenvalue weighted by molar-refractivity contribution is 5.93. The Labute approximate surface area is 186 Å². The van der Waals surface area contributed by atoms with Crippen LogP contribution in [0.3, 0.4) is 0 Å². The van der Waals surface area contributed by atoms with Crippen molar-refractivity contribution in [2.75, 3.05) is 19.6 Å². The summed E-state index contributed by atoms with van der Waals surface area (Å²) >= 11 is 0. The lowest BCUT2D eigenvalue weighted by molar-refractivity contribution is -0.0331. The second kappa shape index (κ2) is 9.09. The van der Waals surface area contributed by atoms with E-state index in [-0.39, 0.29) is 17.4 Å². The number of carbonyl (C=O) groups excluding carboxylic acids is 1. The van der Waals surface area contributed by atoms with E-state index in [1.54, 1.807) is 24.5 Å². The lowest BCUT2D eigenvalue weighted by atomic mass is 9.64. The van der Waals surface area contributed by atoms with Crippen molar-refractivity contribution in [3.05, 3.63) is 65.5 Å². The number of hydrogen-bond donors (Lipinski definition) is 1. The number of pyridine rings is 1. The molecule has 0 bridgehead atoms. The van der Waals surface area contributed by atoms with E-state index in [9.17, 15) is 4.79 Å². The van der Waals surface area contributed by atoms with Crippen LogP contribution < -0.4 is 5.48 Å². The largest absolute Gasteiger partial charge is 0.303 e. The molecule has 1 fully saturated rings. The van der Waals surface area contributed by atoms with Gasteiger partial charge in [-0.2, -0.15) is 0 Å². The molecule has 1 aliphatic heterocycles. The number of fused-ring (bicyclic) bond motifs is 2. The normalized spacial score (nSPS) is 20.9. The van der Waals surface area contributed by atoms with Crippen molar-refractivity contribution >= 4 is 5.91 Å². The molecule has 1 unspecified atom stereocenters. The van der Waals surface area contributed by atoms with Crippen molar-refractivity contribution in [3.8, 4) is 0 Å². The van der Waals surface area contributed by atoms with Gasteiger partial charge in [0, 0.05) is 12.4 Å². The number of hydrogen-bond acceptors (Lipinski definition) is 4. The molecular formula is C26H35N3O2. The Morgan fingerprint density at radius 1 is 1.16 bits per heavy atom. The number of aromatic nitrogens is 1. The van der Waals surface area contributed by atoms with Crippen molar-refractivity contribution < 1.29 is 9.63 Å². The number of hydroxylamine groups is 1. The highest BCUT2D eigenvalue weighted by atomic mass is 16.7. The maximum Gasteiger partial charge on any atom is 0.276 e. The fraction of sp³-hybridized carbons (Fsp3) is 0.538. The highest BCUT2D eigenvalue weighted by Crippen LogP contribution is 2.48. The minimum atomic E-state index is -0.252. The number of piperidine rings is 1. The van der Waals surface area contributed by atoms with E-state index in [2.05, 4.69) is 60.4 Å². The number of rotatable bonds is 5. The third-order valence-electron chi connectivity index (χ3n) is 6.97. The first kappa shape index (κ1) is 22.0. The zero-order valence-corrected chi connectivity index (χ0v) is 19.1. The summed E-state index contributed by atoms with van der Waals surface area (Å²) in [4.78, 5) is 24.9. The Morgan fingerprint density at radius 3 is 2.65 bits per heavy atom. The number of likely N-dealkylation sites (tertiary alicyclic amines) is 1. The molecule has 2 aliphatic rings. The summed E-state index contributed by atoms with van der Waals surface area (Å²) in [5.74, 6) is -0.252. The third kappa shape index (κ3) is 5.16. The first-order chi connectivity index (χ1) is 14.9. The fourth-order valence-corrected chi connectivity index (χ4v) is 4.98. The van der Waals surface area contributed by atoms with Crippen LogP contribution in [0.2, 0.25) is 0 Å². The Kier molecular flexibility index (Phi) is 6.44. The van der Waals surface area contributed by atoms with Gasteiger partial charge in [0.25, 0.3) is 5.91 Å². The SMILES string of the molecule is CC(C)(C)CCN1CCC2(CCC(ONC(=O)c3cccnc3)c3ccccc32)CC1. The molecule has 1 atom stereocenters. The summed E-state index contributed by atoms with van der Waals surface area (Å²) in [6.45, 7) is 10.5. The zero-order valence-electron chi connectivity index (χ0n) is 19.1. The second-order valence-corrected chi connectivity index (χ2v) is 10.3. The smallest absolute Gasteiger partial charge is 0.276 e. The standard InChI is InChI=1S/C26H35N3O2/c1-25(2,3)12-16-29-17-13-26(14-18-29)11-10-23(21-8-4-5-9-22(21)26)31-28-24(30)20-7-6-15-27-19-20/h4-9,15,19,23H,10-14,16-18H2,1-3H3,(H,28,30). The monoisotopic (exact) mass is 421 g/mol. The Hall–Kier alpha value is -2.24. The molecule has 2 aromatic rings. The van der Waals surface area contributed by atoms with E-state index >= 15 is 0 Å². The number of benzene rings is 1. The molecule has 1 aromatic heterocycles. The summed E-state index contributed by atoms with van der Waals surface area (Å²) < 4.78 is 0. The van der Waals surface area contributed by atoms with Crippen LogP contribution in [0.4, 0.5) is 0 Å². The first-order valence-electron chi connectivity index (χ1n) is 11.5. The van der Waals surface area contributed by atoms with Gasteiger partial charge < -0.3 is 4.90 Å². The van der Waals surface area contributed by atoms with Gasteiger partial charge in [0.15, 0.2) is 0 Å². The molecule has 1 aromatic carbocycles.